The molecule has 0 bridgehead atoms. The highest BCUT2D eigenvalue weighted by molar-refractivity contribution is 5.94. The number of aryl methyl sites for hydroxylation is 2. The van der Waals surface area contributed by atoms with Crippen LogP contribution in [-0.4, -0.2) is 21.2 Å². The summed E-state index contributed by atoms with van der Waals surface area (Å²) in [5.74, 6) is 0.231. The molecule has 0 aliphatic carbocycles. The van der Waals surface area contributed by atoms with Gasteiger partial charge in [-0.05, 0) is 59.9 Å². The van der Waals surface area contributed by atoms with Crippen LogP contribution in [0, 0.1) is 0 Å². The van der Waals surface area contributed by atoms with Crippen LogP contribution in [0.15, 0.2) is 60.7 Å². The van der Waals surface area contributed by atoms with Crippen LogP contribution >= 0.6 is 0 Å². The molecule has 0 atom stereocenters. The van der Waals surface area contributed by atoms with Crippen molar-refractivity contribution in [3.8, 4) is 16.9 Å². The summed E-state index contributed by atoms with van der Waals surface area (Å²) in [7, 11) is 0. The van der Waals surface area contributed by atoms with E-state index in [9.17, 15) is 9.90 Å². The second-order valence-corrected chi connectivity index (χ2v) is 6.74. The number of hydrogen-bond acceptors (Lipinski definition) is 4. The van der Waals surface area contributed by atoms with Crippen LogP contribution in [-0.2, 0) is 12.8 Å². The average Bonchev–Trinajstić information content (AvgIpc) is 3.07. The minimum Gasteiger partial charge on any atom is -0.507 e. The van der Waals surface area contributed by atoms with Gasteiger partial charge in [0.05, 0.1) is 5.52 Å². The molecule has 4 rings (SSSR count). The molecule has 3 aromatic carbocycles. The third-order valence-corrected chi connectivity index (χ3v) is 4.93. The fourth-order valence-corrected chi connectivity index (χ4v) is 3.44. The number of phenols is 1. The molecule has 0 aliphatic rings. The molecule has 0 spiro atoms. The third-order valence-electron chi connectivity index (χ3n) is 4.93. The monoisotopic (exact) mass is 372 g/mol. The van der Waals surface area contributed by atoms with E-state index in [2.05, 4.69) is 10.2 Å². The maximum absolute atomic E-state index is 11.6. The number of hydrogen-bond donors (Lipinski definition) is 4. The molecule has 6 heteroatoms. The fraction of sp³-hybridized carbons (Fsp3) is 0.0909. The van der Waals surface area contributed by atoms with Gasteiger partial charge in [0.15, 0.2) is 5.82 Å². The number of nitrogens with zero attached hydrogens (tertiary/aromatic N) is 1. The van der Waals surface area contributed by atoms with Crippen LogP contribution in [0.4, 0.5) is 5.82 Å². The highest BCUT2D eigenvalue weighted by Gasteiger charge is 2.11. The second kappa shape index (κ2) is 7.08. The molecule has 0 saturated heterocycles. The van der Waals surface area contributed by atoms with Crippen molar-refractivity contribution in [3.63, 3.8) is 0 Å². The molecule has 6 nitrogen and oxygen atoms in total. The van der Waals surface area contributed by atoms with E-state index in [1.165, 1.54) is 0 Å². The largest absolute Gasteiger partial charge is 0.507 e. The first-order valence-electron chi connectivity index (χ1n) is 8.96. The van der Waals surface area contributed by atoms with Crippen LogP contribution in [0.3, 0.4) is 0 Å². The number of carbonyl (C=O) groups excluding carboxylic acids is 1. The van der Waals surface area contributed by atoms with Crippen LogP contribution in [0.2, 0.25) is 0 Å². The molecule has 0 unspecified atom stereocenters. The Kier molecular flexibility index (Phi) is 4.45. The van der Waals surface area contributed by atoms with Crippen LogP contribution in [0.5, 0.6) is 5.75 Å². The SMILES string of the molecule is NC(=O)c1ccccc1CCc1ccc(O)c(-c2ccc3c(N)n[nH]c3c2)c1. The van der Waals surface area contributed by atoms with Crippen molar-refractivity contribution in [1.82, 2.24) is 10.2 Å². The number of aromatic nitrogens is 2. The number of anilines is 1. The van der Waals surface area contributed by atoms with Gasteiger partial charge in [-0.15, -0.1) is 0 Å². The molecule has 1 heterocycles. The lowest BCUT2D eigenvalue weighted by Gasteiger charge is -2.10. The Labute approximate surface area is 161 Å². The average molecular weight is 372 g/mol. The maximum atomic E-state index is 11.6. The Morgan fingerprint density at radius 3 is 2.68 bits per heavy atom. The molecular formula is C22H20N4O2. The van der Waals surface area contributed by atoms with Crippen molar-refractivity contribution in [3.05, 3.63) is 77.4 Å². The van der Waals surface area contributed by atoms with Gasteiger partial charge >= 0.3 is 0 Å². The normalized spacial score (nSPS) is 11.0. The van der Waals surface area contributed by atoms with E-state index in [0.717, 1.165) is 39.6 Å². The van der Waals surface area contributed by atoms with Crippen molar-refractivity contribution < 1.29 is 9.90 Å². The van der Waals surface area contributed by atoms with Gasteiger partial charge in [0, 0.05) is 16.5 Å². The first-order chi connectivity index (χ1) is 13.5. The zero-order valence-electron chi connectivity index (χ0n) is 15.1. The van der Waals surface area contributed by atoms with Gasteiger partial charge in [0.25, 0.3) is 0 Å². The lowest BCUT2D eigenvalue weighted by Crippen LogP contribution is -2.13. The number of amides is 1. The topological polar surface area (TPSA) is 118 Å². The zero-order valence-corrected chi connectivity index (χ0v) is 15.1. The molecule has 0 aliphatic heterocycles. The van der Waals surface area contributed by atoms with Gasteiger partial charge in [-0.3, -0.25) is 9.89 Å². The Morgan fingerprint density at radius 2 is 1.86 bits per heavy atom. The van der Waals surface area contributed by atoms with E-state index in [0.29, 0.717) is 17.8 Å². The highest BCUT2D eigenvalue weighted by Crippen LogP contribution is 2.33. The van der Waals surface area contributed by atoms with Crippen LogP contribution in [0.1, 0.15) is 21.5 Å². The summed E-state index contributed by atoms with van der Waals surface area (Å²) in [6, 6.07) is 18.6. The summed E-state index contributed by atoms with van der Waals surface area (Å²) in [5, 5.41) is 18.1. The summed E-state index contributed by atoms with van der Waals surface area (Å²) in [4.78, 5) is 11.6. The fourth-order valence-electron chi connectivity index (χ4n) is 3.44. The van der Waals surface area contributed by atoms with E-state index in [1.54, 1.807) is 18.2 Å². The summed E-state index contributed by atoms with van der Waals surface area (Å²) in [6.07, 6.45) is 1.40. The minimum atomic E-state index is -0.422. The quantitative estimate of drug-likeness (QED) is 0.429. The number of nitrogen functional groups attached to an aromatic ring is 1. The number of benzene rings is 3. The van der Waals surface area contributed by atoms with Gasteiger partial charge in [-0.1, -0.05) is 30.3 Å². The van der Waals surface area contributed by atoms with E-state index in [1.807, 2.05) is 42.5 Å². The van der Waals surface area contributed by atoms with Crippen molar-refractivity contribution in [2.75, 3.05) is 5.73 Å². The predicted molar refractivity (Wildman–Crippen MR) is 110 cm³/mol. The van der Waals surface area contributed by atoms with Crippen LogP contribution in [0.25, 0.3) is 22.0 Å². The smallest absolute Gasteiger partial charge is 0.248 e. The number of fused-ring (bicyclic) bond motifs is 1. The number of nitrogens with two attached hydrogens (primary N) is 2. The summed E-state index contributed by atoms with van der Waals surface area (Å²) in [6.45, 7) is 0. The number of primary amides is 1. The first-order valence-corrected chi connectivity index (χ1v) is 8.96. The van der Waals surface area contributed by atoms with Gasteiger partial charge in [0.1, 0.15) is 5.75 Å². The third kappa shape index (κ3) is 3.27. The van der Waals surface area contributed by atoms with E-state index < -0.39 is 5.91 Å². The number of aromatic amines is 1. The second-order valence-electron chi connectivity index (χ2n) is 6.74. The summed E-state index contributed by atoms with van der Waals surface area (Å²) in [5.41, 5.74) is 16.2. The molecule has 0 saturated carbocycles. The Balaban J connectivity index is 1.63. The van der Waals surface area contributed by atoms with Gasteiger partial charge in [-0.2, -0.15) is 5.10 Å². The van der Waals surface area contributed by atoms with Crippen molar-refractivity contribution in [2.24, 2.45) is 5.73 Å². The molecule has 4 aromatic rings. The maximum Gasteiger partial charge on any atom is 0.248 e. The van der Waals surface area contributed by atoms with Gasteiger partial charge in [0.2, 0.25) is 5.91 Å². The van der Waals surface area contributed by atoms with Gasteiger partial charge in [-0.25, -0.2) is 0 Å². The van der Waals surface area contributed by atoms with E-state index in [4.69, 9.17) is 11.5 Å². The summed E-state index contributed by atoms with van der Waals surface area (Å²) >= 11 is 0. The van der Waals surface area contributed by atoms with Crippen LogP contribution < -0.4 is 11.5 Å². The lowest BCUT2D eigenvalue weighted by atomic mass is 9.96. The molecule has 6 N–H and O–H groups in total. The standard InChI is InChI=1S/C22H20N4O2/c23-21-17-9-8-15(12-19(17)25-26-21)18-11-13(6-10-20(18)27)5-7-14-3-1-2-4-16(14)22(24)28/h1-4,6,8-12,27H,5,7H2,(H2,24,28)(H3,23,25,26). The number of carbonyl (C=O) groups is 1. The van der Waals surface area contributed by atoms with Gasteiger partial charge < -0.3 is 16.6 Å². The number of H-pyrrole nitrogens is 1. The highest BCUT2D eigenvalue weighted by atomic mass is 16.3. The first kappa shape index (κ1) is 17.6. The van der Waals surface area contributed by atoms with Crippen molar-refractivity contribution in [2.45, 2.75) is 12.8 Å². The molecule has 1 amide bonds. The van der Waals surface area contributed by atoms with E-state index >= 15 is 0 Å². The van der Waals surface area contributed by atoms with E-state index in [-0.39, 0.29) is 5.75 Å². The zero-order chi connectivity index (χ0) is 19.7. The number of phenolic OH excluding ortho intramolecular Hbond substituents is 1. The Bertz CT molecular complexity index is 1180. The molecule has 0 radical (unpaired) electrons. The predicted octanol–water partition coefficient (Wildman–Crippen LogP) is 3.40. The van der Waals surface area contributed by atoms with Crippen molar-refractivity contribution in [1.29, 1.82) is 0 Å². The molecule has 1 aromatic heterocycles. The summed E-state index contributed by atoms with van der Waals surface area (Å²) < 4.78 is 0. The molecule has 140 valence electrons. The van der Waals surface area contributed by atoms with Crippen molar-refractivity contribution >= 4 is 22.6 Å². The molecule has 28 heavy (non-hydrogen) atoms. The number of rotatable bonds is 5. The Hall–Kier alpha value is -3.80. The lowest BCUT2D eigenvalue weighted by molar-refractivity contribution is 0.0999. The number of aromatic hydroxyl groups is 1. The minimum absolute atomic E-state index is 0.202. The molecule has 0 fully saturated rings. The Morgan fingerprint density at radius 1 is 1.04 bits per heavy atom. The molecular weight excluding hydrogens is 352 g/mol. The number of nitrogens with one attached hydrogen (secondary N) is 1.